The first-order valence-corrected chi connectivity index (χ1v) is 4.12. The van der Waals surface area contributed by atoms with Gasteiger partial charge in [-0.25, -0.2) is 9.97 Å². The van der Waals surface area contributed by atoms with Crippen LogP contribution in [0.1, 0.15) is 0 Å². The van der Waals surface area contributed by atoms with E-state index < -0.39 is 0 Å². The highest BCUT2D eigenvalue weighted by molar-refractivity contribution is 6.02. The third-order valence-electron chi connectivity index (χ3n) is 2.08. The lowest BCUT2D eigenvalue weighted by atomic mass is 10.2. The number of nitrogens with zero attached hydrogens (tertiary/aromatic N) is 5. The van der Waals surface area contributed by atoms with Gasteiger partial charge in [-0.05, 0) is 17.3 Å². The van der Waals surface area contributed by atoms with E-state index in [-0.39, 0.29) is 0 Å². The Kier molecular flexibility index (Phi) is 1.38. The molecule has 0 atom stereocenters. The van der Waals surface area contributed by atoms with Crippen LogP contribution in [-0.2, 0) is 0 Å². The summed E-state index contributed by atoms with van der Waals surface area (Å²) in [5.41, 5.74) is 1.66. The highest BCUT2D eigenvalue weighted by atomic mass is 15.3. The quantitative estimate of drug-likeness (QED) is 0.486. The van der Waals surface area contributed by atoms with Gasteiger partial charge in [-0.15, -0.1) is 10.2 Å². The standard InChI is InChI=1S/C9H5N5/c1-2-8-7(4-12-14-13-8)9-6(1)3-10-5-11-9/h1-5H. The van der Waals surface area contributed by atoms with Crippen molar-refractivity contribution in [1.29, 1.82) is 0 Å². The summed E-state index contributed by atoms with van der Waals surface area (Å²) in [7, 11) is 0. The maximum atomic E-state index is 4.19. The molecule has 0 N–H and O–H groups in total. The second-order valence-corrected chi connectivity index (χ2v) is 2.89. The molecule has 0 radical (unpaired) electrons. The lowest BCUT2D eigenvalue weighted by molar-refractivity contribution is 0.896. The van der Waals surface area contributed by atoms with Crippen molar-refractivity contribution >= 4 is 21.8 Å². The van der Waals surface area contributed by atoms with Gasteiger partial charge in [-0.1, -0.05) is 0 Å². The first-order valence-electron chi connectivity index (χ1n) is 4.12. The average molecular weight is 183 g/mol. The summed E-state index contributed by atoms with van der Waals surface area (Å²) in [6, 6.07) is 3.81. The van der Waals surface area contributed by atoms with Crippen molar-refractivity contribution in [1.82, 2.24) is 25.4 Å². The Bertz CT molecular complexity index is 552. The van der Waals surface area contributed by atoms with Crippen molar-refractivity contribution < 1.29 is 0 Å². The summed E-state index contributed by atoms with van der Waals surface area (Å²) in [5.74, 6) is 0. The van der Waals surface area contributed by atoms with Crippen LogP contribution in [0.25, 0.3) is 21.8 Å². The van der Waals surface area contributed by atoms with Gasteiger partial charge in [-0.3, -0.25) is 0 Å². The van der Waals surface area contributed by atoms with Crippen LogP contribution >= 0.6 is 0 Å². The van der Waals surface area contributed by atoms with E-state index in [2.05, 4.69) is 25.4 Å². The number of hydrogen-bond acceptors (Lipinski definition) is 5. The van der Waals surface area contributed by atoms with Crippen molar-refractivity contribution in [2.75, 3.05) is 0 Å². The minimum absolute atomic E-state index is 0.797. The van der Waals surface area contributed by atoms with Crippen molar-refractivity contribution in [2.24, 2.45) is 0 Å². The zero-order valence-corrected chi connectivity index (χ0v) is 7.12. The monoisotopic (exact) mass is 183 g/mol. The van der Waals surface area contributed by atoms with E-state index in [1.807, 2.05) is 12.1 Å². The summed E-state index contributed by atoms with van der Waals surface area (Å²) < 4.78 is 0. The zero-order chi connectivity index (χ0) is 9.38. The molecule has 3 rings (SSSR count). The first kappa shape index (κ1) is 7.25. The number of benzene rings is 1. The van der Waals surface area contributed by atoms with Crippen molar-refractivity contribution in [3.8, 4) is 0 Å². The predicted molar refractivity (Wildman–Crippen MR) is 50.4 cm³/mol. The normalized spacial score (nSPS) is 10.9. The van der Waals surface area contributed by atoms with Gasteiger partial charge in [-0.2, -0.15) is 0 Å². The summed E-state index contributed by atoms with van der Waals surface area (Å²) in [6.07, 6.45) is 4.95. The van der Waals surface area contributed by atoms with Crippen molar-refractivity contribution in [3.63, 3.8) is 0 Å². The number of fused-ring (bicyclic) bond motifs is 3. The van der Waals surface area contributed by atoms with Crippen LogP contribution in [0.3, 0.4) is 0 Å². The highest BCUT2D eigenvalue weighted by Crippen LogP contribution is 2.19. The number of aromatic nitrogens is 5. The molecule has 0 bridgehead atoms. The first-order chi connectivity index (χ1) is 6.95. The third-order valence-corrected chi connectivity index (χ3v) is 2.08. The lowest BCUT2D eigenvalue weighted by Gasteiger charge is -1.98. The molecular weight excluding hydrogens is 178 g/mol. The van der Waals surface area contributed by atoms with Crippen molar-refractivity contribution in [2.45, 2.75) is 0 Å². The van der Waals surface area contributed by atoms with Crippen LogP contribution in [0.5, 0.6) is 0 Å². The van der Waals surface area contributed by atoms with Crippen LogP contribution in [0.15, 0.2) is 30.9 Å². The molecule has 14 heavy (non-hydrogen) atoms. The number of hydrogen-bond donors (Lipinski definition) is 0. The van der Waals surface area contributed by atoms with E-state index in [4.69, 9.17) is 0 Å². The molecule has 0 aliphatic rings. The molecular formula is C9H5N5. The molecule has 1 aromatic carbocycles. The fourth-order valence-corrected chi connectivity index (χ4v) is 1.44. The van der Waals surface area contributed by atoms with Gasteiger partial charge >= 0.3 is 0 Å². The molecule has 0 saturated heterocycles. The van der Waals surface area contributed by atoms with Gasteiger partial charge in [0.2, 0.25) is 0 Å². The van der Waals surface area contributed by atoms with Crippen LogP contribution in [0, 0.1) is 0 Å². The van der Waals surface area contributed by atoms with Gasteiger partial charge in [0, 0.05) is 17.0 Å². The molecule has 0 amide bonds. The van der Waals surface area contributed by atoms with Gasteiger partial charge in [0.15, 0.2) is 0 Å². The Balaban J connectivity index is 2.61. The lowest BCUT2D eigenvalue weighted by Crippen LogP contribution is -1.89. The summed E-state index contributed by atoms with van der Waals surface area (Å²) in [5, 5.41) is 13.1. The van der Waals surface area contributed by atoms with Gasteiger partial charge in [0.25, 0.3) is 0 Å². The largest absolute Gasteiger partial charge is 0.244 e. The number of rotatable bonds is 0. The van der Waals surface area contributed by atoms with Crippen molar-refractivity contribution in [3.05, 3.63) is 30.9 Å². The molecule has 5 nitrogen and oxygen atoms in total. The van der Waals surface area contributed by atoms with Gasteiger partial charge in [0.05, 0.1) is 17.2 Å². The average Bonchev–Trinajstić information content (AvgIpc) is 2.29. The van der Waals surface area contributed by atoms with Crippen LogP contribution in [0.4, 0.5) is 0 Å². The van der Waals surface area contributed by atoms with Crippen LogP contribution < -0.4 is 0 Å². The summed E-state index contributed by atoms with van der Waals surface area (Å²) >= 11 is 0. The molecule has 5 heteroatoms. The fourth-order valence-electron chi connectivity index (χ4n) is 1.44. The van der Waals surface area contributed by atoms with Gasteiger partial charge < -0.3 is 0 Å². The molecule has 0 aliphatic heterocycles. The molecule has 66 valence electrons. The van der Waals surface area contributed by atoms with Crippen LogP contribution in [-0.4, -0.2) is 25.4 Å². The Morgan fingerprint density at radius 2 is 2.07 bits per heavy atom. The Morgan fingerprint density at radius 1 is 1.07 bits per heavy atom. The fraction of sp³-hybridized carbons (Fsp3) is 0. The maximum Gasteiger partial charge on any atom is 0.116 e. The Morgan fingerprint density at radius 3 is 3.07 bits per heavy atom. The minimum atomic E-state index is 0.797. The van der Waals surface area contributed by atoms with E-state index in [1.54, 1.807) is 12.4 Å². The highest BCUT2D eigenvalue weighted by Gasteiger charge is 2.01. The molecule has 0 unspecified atom stereocenters. The van der Waals surface area contributed by atoms with E-state index in [0.717, 1.165) is 21.8 Å². The molecule has 2 aromatic heterocycles. The molecule has 0 spiro atoms. The molecule has 3 aromatic rings. The molecule has 0 saturated carbocycles. The SMILES string of the molecule is c1ncc2ccc3nnncc3c2n1. The Labute approximate surface area is 78.8 Å². The second kappa shape index (κ2) is 2.66. The smallest absolute Gasteiger partial charge is 0.116 e. The van der Waals surface area contributed by atoms with Gasteiger partial charge in [0.1, 0.15) is 6.33 Å². The van der Waals surface area contributed by atoms with E-state index in [1.165, 1.54) is 6.33 Å². The summed E-state index contributed by atoms with van der Waals surface area (Å²) in [6.45, 7) is 0. The summed E-state index contributed by atoms with van der Waals surface area (Å²) in [4.78, 5) is 8.14. The van der Waals surface area contributed by atoms with E-state index in [0.29, 0.717) is 0 Å². The molecule has 0 aliphatic carbocycles. The predicted octanol–water partition coefficient (Wildman–Crippen LogP) is 0.968. The topological polar surface area (TPSA) is 64.5 Å². The maximum absolute atomic E-state index is 4.19. The minimum Gasteiger partial charge on any atom is -0.244 e. The second-order valence-electron chi connectivity index (χ2n) is 2.89. The molecule has 0 fully saturated rings. The zero-order valence-electron chi connectivity index (χ0n) is 7.12. The third kappa shape index (κ3) is 0.922. The Hall–Kier alpha value is -2.17. The molecule has 2 heterocycles. The van der Waals surface area contributed by atoms with E-state index in [9.17, 15) is 0 Å². The van der Waals surface area contributed by atoms with E-state index >= 15 is 0 Å². The van der Waals surface area contributed by atoms with Crippen LogP contribution in [0.2, 0.25) is 0 Å².